The van der Waals surface area contributed by atoms with E-state index in [0.717, 1.165) is 6.07 Å². The van der Waals surface area contributed by atoms with Crippen molar-refractivity contribution < 1.29 is 23.8 Å². The molecule has 2 rings (SSSR count). The largest absolute Gasteiger partial charge is 0.479 e. The summed E-state index contributed by atoms with van der Waals surface area (Å²) in [7, 11) is 0. The maximum atomic E-state index is 13.2. The van der Waals surface area contributed by atoms with Crippen molar-refractivity contribution in [1.82, 2.24) is 0 Å². The van der Waals surface area contributed by atoms with Crippen LogP contribution in [0, 0.1) is 5.82 Å². The highest BCUT2D eigenvalue weighted by atomic mass is 19.1. The van der Waals surface area contributed by atoms with E-state index >= 15 is 0 Å². The summed E-state index contributed by atoms with van der Waals surface area (Å²) in [5.74, 6) is -0.794. The molecule has 0 amide bonds. The van der Waals surface area contributed by atoms with Crippen molar-refractivity contribution in [2.75, 3.05) is 6.61 Å². The number of carboxylic acid groups (broad SMARTS) is 1. The van der Waals surface area contributed by atoms with Crippen molar-refractivity contribution in [1.29, 1.82) is 0 Å². The van der Waals surface area contributed by atoms with E-state index in [1.54, 1.807) is 24.3 Å². The summed E-state index contributed by atoms with van der Waals surface area (Å²) >= 11 is 0. The van der Waals surface area contributed by atoms with Crippen LogP contribution in [0.1, 0.15) is 0 Å². The van der Waals surface area contributed by atoms with Crippen LogP contribution in [0.2, 0.25) is 0 Å². The molecule has 0 heterocycles. The van der Waals surface area contributed by atoms with Crippen molar-refractivity contribution in [3.05, 3.63) is 54.3 Å². The predicted octanol–water partition coefficient (Wildman–Crippen LogP) is 3.08. The van der Waals surface area contributed by atoms with Gasteiger partial charge in [-0.2, -0.15) is 0 Å². The molecule has 0 aliphatic rings. The van der Waals surface area contributed by atoms with Gasteiger partial charge in [-0.25, -0.2) is 9.18 Å². The monoisotopic (exact) mass is 262 g/mol. The van der Waals surface area contributed by atoms with Gasteiger partial charge < -0.3 is 14.6 Å². The van der Waals surface area contributed by atoms with Crippen LogP contribution >= 0.6 is 0 Å². The third kappa shape index (κ3) is 3.70. The van der Waals surface area contributed by atoms with Crippen LogP contribution in [-0.2, 0) is 4.79 Å². The van der Waals surface area contributed by atoms with Crippen LogP contribution in [0.4, 0.5) is 4.39 Å². The lowest BCUT2D eigenvalue weighted by Gasteiger charge is -2.11. The van der Waals surface area contributed by atoms with Gasteiger partial charge in [-0.3, -0.25) is 0 Å². The number of hydrogen-bond donors (Lipinski definition) is 1. The first-order valence-corrected chi connectivity index (χ1v) is 5.52. The number of hydrogen-bond acceptors (Lipinski definition) is 3. The maximum absolute atomic E-state index is 13.2. The number of rotatable bonds is 5. The Hall–Kier alpha value is -2.56. The van der Waals surface area contributed by atoms with Gasteiger partial charge in [0.05, 0.1) is 0 Å². The first-order valence-electron chi connectivity index (χ1n) is 5.52. The highest BCUT2D eigenvalue weighted by molar-refractivity contribution is 5.68. The van der Waals surface area contributed by atoms with Gasteiger partial charge in [0.2, 0.25) is 0 Å². The highest BCUT2D eigenvalue weighted by Crippen LogP contribution is 2.32. The topological polar surface area (TPSA) is 55.8 Å². The molecule has 0 saturated carbocycles. The molecule has 5 heteroatoms. The second-order valence-electron chi connectivity index (χ2n) is 3.69. The van der Waals surface area contributed by atoms with E-state index in [0.29, 0.717) is 5.75 Å². The molecule has 0 unspecified atom stereocenters. The lowest BCUT2D eigenvalue weighted by molar-refractivity contribution is -0.139. The average Bonchev–Trinajstić information content (AvgIpc) is 2.39. The van der Waals surface area contributed by atoms with E-state index in [9.17, 15) is 9.18 Å². The summed E-state index contributed by atoms with van der Waals surface area (Å²) in [5.41, 5.74) is 0. The summed E-state index contributed by atoms with van der Waals surface area (Å²) in [4.78, 5) is 10.5. The van der Waals surface area contributed by atoms with E-state index in [1.807, 2.05) is 6.07 Å². The van der Waals surface area contributed by atoms with Gasteiger partial charge in [0.25, 0.3) is 0 Å². The number of halogens is 1. The molecule has 98 valence electrons. The summed E-state index contributed by atoms with van der Waals surface area (Å²) in [5, 5.41) is 8.57. The fourth-order valence-corrected chi connectivity index (χ4v) is 1.44. The lowest BCUT2D eigenvalue weighted by Crippen LogP contribution is -2.10. The average molecular weight is 262 g/mol. The Kier molecular flexibility index (Phi) is 3.97. The molecule has 0 aliphatic heterocycles. The zero-order valence-corrected chi connectivity index (χ0v) is 9.88. The van der Waals surface area contributed by atoms with Crippen molar-refractivity contribution in [2.45, 2.75) is 0 Å². The molecule has 2 aromatic carbocycles. The van der Waals surface area contributed by atoms with Gasteiger partial charge in [-0.1, -0.05) is 18.2 Å². The Morgan fingerprint density at radius 2 is 1.84 bits per heavy atom. The normalized spacial score (nSPS) is 9.95. The van der Waals surface area contributed by atoms with Crippen LogP contribution in [0.25, 0.3) is 0 Å². The van der Waals surface area contributed by atoms with Crippen LogP contribution in [0.5, 0.6) is 17.2 Å². The number of ether oxygens (including phenoxy) is 2. The van der Waals surface area contributed by atoms with E-state index < -0.39 is 18.4 Å². The van der Waals surface area contributed by atoms with Crippen LogP contribution in [-0.4, -0.2) is 17.7 Å². The zero-order valence-electron chi connectivity index (χ0n) is 9.88. The summed E-state index contributed by atoms with van der Waals surface area (Å²) in [6, 6.07) is 12.4. The van der Waals surface area contributed by atoms with E-state index in [1.165, 1.54) is 12.1 Å². The molecule has 19 heavy (non-hydrogen) atoms. The highest BCUT2D eigenvalue weighted by Gasteiger charge is 2.09. The lowest BCUT2D eigenvalue weighted by atomic mass is 10.3. The molecule has 2 aromatic rings. The third-order valence-electron chi connectivity index (χ3n) is 2.23. The smallest absolute Gasteiger partial charge is 0.341 e. The van der Waals surface area contributed by atoms with E-state index in [2.05, 4.69) is 0 Å². The van der Waals surface area contributed by atoms with Gasteiger partial charge in [0.15, 0.2) is 18.1 Å². The summed E-state index contributed by atoms with van der Waals surface area (Å²) in [6.07, 6.45) is 0. The molecule has 0 spiro atoms. The molecule has 0 aromatic heterocycles. The van der Waals surface area contributed by atoms with E-state index in [4.69, 9.17) is 14.6 Å². The second kappa shape index (κ2) is 5.86. The van der Waals surface area contributed by atoms with Gasteiger partial charge in [0, 0.05) is 6.07 Å². The molecular formula is C14H11FO4. The summed E-state index contributed by atoms with van der Waals surface area (Å²) in [6.45, 7) is -0.517. The molecule has 0 bridgehead atoms. The minimum Gasteiger partial charge on any atom is -0.479 e. The molecule has 4 nitrogen and oxygen atoms in total. The molecule has 0 aliphatic carbocycles. The molecule has 0 fully saturated rings. The van der Waals surface area contributed by atoms with Gasteiger partial charge in [-0.15, -0.1) is 0 Å². The number of para-hydroxylation sites is 1. The maximum Gasteiger partial charge on any atom is 0.341 e. The zero-order chi connectivity index (χ0) is 13.7. The number of benzene rings is 2. The number of carboxylic acids is 1. The Bertz CT molecular complexity index is 569. The SMILES string of the molecule is O=C(O)COc1ccc(F)cc1Oc1ccccc1. The van der Waals surface area contributed by atoms with Crippen LogP contribution in [0.3, 0.4) is 0 Å². The first kappa shape index (κ1) is 12.9. The molecule has 0 atom stereocenters. The third-order valence-corrected chi connectivity index (χ3v) is 2.23. The Morgan fingerprint density at radius 1 is 1.11 bits per heavy atom. The quantitative estimate of drug-likeness (QED) is 0.899. The van der Waals surface area contributed by atoms with Gasteiger partial charge >= 0.3 is 5.97 Å². The summed E-state index contributed by atoms with van der Waals surface area (Å²) < 4.78 is 23.7. The van der Waals surface area contributed by atoms with Crippen LogP contribution < -0.4 is 9.47 Å². The Morgan fingerprint density at radius 3 is 2.53 bits per heavy atom. The number of carbonyl (C=O) groups is 1. The fraction of sp³-hybridized carbons (Fsp3) is 0.0714. The van der Waals surface area contributed by atoms with Crippen molar-refractivity contribution in [3.8, 4) is 17.2 Å². The molecular weight excluding hydrogens is 251 g/mol. The van der Waals surface area contributed by atoms with Crippen molar-refractivity contribution >= 4 is 5.97 Å². The Labute approximate surface area is 109 Å². The molecule has 1 N–H and O–H groups in total. The van der Waals surface area contributed by atoms with Crippen molar-refractivity contribution in [2.24, 2.45) is 0 Å². The van der Waals surface area contributed by atoms with Crippen molar-refractivity contribution in [3.63, 3.8) is 0 Å². The van der Waals surface area contributed by atoms with Gasteiger partial charge in [-0.05, 0) is 24.3 Å². The van der Waals surface area contributed by atoms with Crippen LogP contribution in [0.15, 0.2) is 48.5 Å². The second-order valence-corrected chi connectivity index (χ2v) is 3.69. The predicted molar refractivity (Wildman–Crippen MR) is 66.0 cm³/mol. The Balaban J connectivity index is 2.22. The van der Waals surface area contributed by atoms with Gasteiger partial charge in [0.1, 0.15) is 11.6 Å². The first-order chi connectivity index (χ1) is 9.15. The minimum absolute atomic E-state index is 0.132. The van der Waals surface area contributed by atoms with E-state index in [-0.39, 0.29) is 11.5 Å². The standard InChI is InChI=1S/C14H11FO4/c15-10-6-7-12(18-9-14(16)17)13(8-10)19-11-4-2-1-3-5-11/h1-8H,9H2,(H,16,17). The molecule has 0 saturated heterocycles. The number of aliphatic carboxylic acids is 1. The fourth-order valence-electron chi connectivity index (χ4n) is 1.44. The minimum atomic E-state index is -1.12. The molecule has 0 radical (unpaired) electrons.